The van der Waals surface area contributed by atoms with Crippen LogP contribution in [0.4, 0.5) is 8.78 Å². The van der Waals surface area contributed by atoms with Crippen molar-refractivity contribution >= 4 is 16.8 Å². The molecule has 2 N–H and O–H groups in total. The van der Waals surface area contributed by atoms with Gasteiger partial charge in [0.1, 0.15) is 24.6 Å². The van der Waals surface area contributed by atoms with Gasteiger partial charge in [0.25, 0.3) is 5.92 Å². The number of aromatic nitrogens is 1. The molecule has 37 heavy (non-hydrogen) atoms. The second-order valence-corrected chi connectivity index (χ2v) is 8.97. The number of carbonyl (C=O) groups is 1. The zero-order valence-corrected chi connectivity index (χ0v) is 21.0. The van der Waals surface area contributed by atoms with E-state index in [2.05, 4.69) is 10.3 Å². The third-order valence-electron chi connectivity index (χ3n) is 5.78. The lowest BCUT2D eigenvalue weighted by Gasteiger charge is -2.21. The first-order valence-electron chi connectivity index (χ1n) is 12.0. The number of nitrogens with one attached hydrogen (secondary N) is 1. The highest BCUT2D eigenvalue weighted by molar-refractivity contribution is 5.84. The molecule has 2 aromatic rings. The van der Waals surface area contributed by atoms with Crippen molar-refractivity contribution < 1.29 is 32.9 Å². The van der Waals surface area contributed by atoms with E-state index in [0.29, 0.717) is 55.3 Å². The van der Waals surface area contributed by atoms with Gasteiger partial charge in [0.2, 0.25) is 5.91 Å². The number of nitriles is 1. The van der Waals surface area contributed by atoms with Gasteiger partial charge in [0.15, 0.2) is 0 Å². The molecule has 2 heterocycles. The highest BCUT2D eigenvalue weighted by Crippen LogP contribution is 2.32. The van der Waals surface area contributed by atoms with Crippen molar-refractivity contribution in [2.24, 2.45) is 0 Å². The summed E-state index contributed by atoms with van der Waals surface area (Å²) >= 11 is 0. The number of ether oxygens (including phenoxy) is 3. The summed E-state index contributed by atoms with van der Waals surface area (Å²) in [5.74, 6) is -3.24. The standard InChI is InChI=1S/C25H33F2N5O5/c1-31(2)7-8-35-9-10-36-11-12-37-19-3-4-22-21(13-19)20(5-6-29-22)24(34)30-16-23(33)32-17-25(26,27)14-18(32)15-28/h3-6,13,18,24,30,34H,7-12,14,16-17H2,1-2H3/t18-,24?/m0/s1. The third kappa shape index (κ3) is 8.55. The molecule has 1 aliphatic heterocycles. The number of hydrogen-bond donors (Lipinski definition) is 2. The molecule has 1 aromatic heterocycles. The molecule has 0 saturated carbocycles. The van der Waals surface area contributed by atoms with Crippen LogP contribution < -0.4 is 10.1 Å². The Balaban J connectivity index is 1.50. The van der Waals surface area contributed by atoms with Gasteiger partial charge >= 0.3 is 0 Å². The van der Waals surface area contributed by atoms with E-state index >= 15 is 0 Å². The Hall–Kier alpha value is -2.95. The molecule has 1 unspecified atom stereocenters. The van der Waals surface area contributed by atoms with Crippen molar-refractivity contribution in [2.75, 3.05) is 66.8 Å². The first-order valence-corrected chi connectivity index (χ1v) is 12.0. The van der Waals surface area contributed by atoms with Gasteiger partial charge in [-0.25, -0.2) is 8.78 Å². The smallest absolute Gasteiger partial charge is 0.268 e. The van der Waals surface area contributed by atoms with Gasteiger partial charge in [0.05, 0.1) is 51.1 Å². The van der Waals surface area contributed by atoms with Crippen molar-refractivity contribution in [1.82, 2.24) is 20.1 Å². The van der Waals surface area contributed by atoms with E-state index in [-0.39, 0.29) is 0 Å². The minimum atomic E-state index is -3.10. The lowest BCUT2D eigenvalue weighted by Crippen LogP contribution is -2.42. The fourth-order valence-electron chi connectivity index (χ4n) is 3.85. The van der Waals surface area contributed by atoms with E-state index in [9.17, 15) is 18.7 Å². The first kappa shape index (κ1) is 28.6. The quantitative estimate of drug-likeness (QED) is 0.282. The van der Waals surface area contributed by atoms with E-state index in [1.165, 1.54) is 6.20 Å². The minimum absolute atomic E-state index is 0.314. The normalized spacial score (nSPS) is 17.8. The van der Waals surface area contributed by atoms with Crippen LogP contribution in [0.2, 0.25) is 0 Å². The average Bonchev–Trinajstić information content (AvgIpc) is 3.20. The molecule has 1 aliphatic rings. The number of fused-ring (bicyclic) bond motifs is 1. The van der Waals surface area contributed by atoms with Crippen LogP contribution >= 0.6 is 0 Å². The summed E-state index contributed by atoms with van der Waals surface area (Å²) in [6.45, 7) is 1.92. The number of amides is 1. The van der Waals surface area contributed by atoms with Gasteiger partial charge in [-0.2, -0.15) is 5.26 Å². The third-order valence-corrected chi connectivity index (χ3v) is 5.78. The Morgan fingerprint density at radius 3 is 2.73 bits per heavy atom. The van der Waals surface area contributed by atoms with E-state index in [0.717, 1.165) is 11.4 Å². The number of alkyl halides is 2. The van der Waals surface area contributed by atoms with E-state index in [1.54, 1.807) is 30.3 Å². The Bertz CT molecular complexity index is 1080. The number of likely N-dealkylation sites (N-methyl/N-ethyl adjacent to an activating group) is 1. The molecule has 3 rings (SSSR count). The largest absolute Gasteiger partial charge is 0.491 e. The van der Waals surface area contributed by atoms with Crippen LogP contribution in [0.15, 0.2) is 30.5 Å². The molecule has 0 aliphatic carbocycles. The van der Waals surface area contributed by atoms with E-state index in [1.807, 2.05) is 19.0 Å². The van der Waals surface area contributed by atoms with Gasteiger partial charge in [-0.15, -0.1) is 0 Å². The van der Waals surface area contributed by atoms with Crippen LogP contribution in [0, 0.1) is 11.3 Å². The van der Waals surface area contributed by atoms with Gasteiger partial charge < -0.3 is 29.1 Å². The highest BCUT2D eigenvalue weighted by atomic mass is 19.3. The summed E-state index contributed by atoms with van der Waals surface area (Å²) in [6.07, 6.45) is -0.443. The summed E-state index contributed by atoms with van der Waals surface area (Å²) in [6, 6.07) is 7.36. The molecule has 1 aromatic carbocycles. The van der Waals surface area contributed by atoms with Gasteiger partial charge in [0, 0.05) is 30.1 Å². The zero-order valence-electron chi connectivity index (χ0n) is 21.0. The maximum atomic E-state index is 13.6. The molecule has 1 amide bonds. The van der Waals surface area contributed by atoms with Crippen LogP contribution in [0.5, 0.6) is 5.75 Å². The SMILES string of the molecule is CN(C)CCOCCOCCOc1ccc2nccc(C(O)NCC(=O)N3CC(F)(F)C[C@H]3C#N)c2c1. The number of halogens is 2. The molecule has 202 valence electrons. The summed E-state index contributed by atoms with van der Waals surface area (Å²) in [4.78, 5) is 19.6. The van der Waals surface area contributed by atoms with Crippen LogP contribution in [0.25, 0.3) is 10.9 Å². The molecule has 0 bridgehead atoms. The fraction of sp³-hybridized carbons (Fsp3) is 0.560. The summed E-state index contributed by atoms with van der Waals surface area (Å²) in [5.41, 5.74) is 1.05. The molecule has 0 spiro atoms. The monoisotopic (exact) mass is 521 g/mol. The first-order chi connectivity index (χ1) is 17.7. The Labute approximate surface area is 214 Å². The fourth-order valence-corrected chi connectivity index (χ4v) is 3.85. The van der Waals surface area contributed by atoms with Crippen molar-refractivity contribution in [3.05, 3.63) is 36.0 Å². The van der Waals surface area contributed by atoms with Crippen molar-refractivity contribution in [3.8, 4) is 11.8 Å². The van der Waals surface area contributed by atoms with Crippen LogP contribution in [-0.4, -0.2) is 105 Å². The van der Waals surface area contributed by atoms with Crippen molar-refractivity contribution in [1.29, 1.82) is 5.26 Å². The molecular weight excluding hydrogens is 488 g/mol. The van der Waals surface area contributed by atoms with Crippen molar-refractivity contribution in [3.63, 3.8) is 0 Å². The van der Waals surface area contributed by atoms with Crippen LogP contribution in [0.1, 0.15) is 18.2 Å². The molecule has 10 nitrogen and oxygen atoms in total. The predicted molar refractivity (Wildman–Crippen MR) is 131 cm³/mol. The maximum Gasteiger partial charge on any atom is 0.268 e. The summed E-state index contributed by atoms with van der Waals surface area (Å²) < 4.78 is 44.0. The van der Waals surface area contributed by atoms with E-state index in [4.69, 9.17) is 19.5 Å². The predicted octanol–water partition coefficient (Wildman–Crippen LogP) is 1.55. The second-order valence-electron chi connectivity index (χ2n) is 8.97. The lowest BCUT2D eigenvalue weighted by molar-refractivity contribution is -0.132. The molecule has 1 saturated heterocycles. The molecule has 0 radical (unpaired) electrons. The number of benzene rings is 1. The highest BCUT2D eigenvalue weighted by Gasteiger charge is 2.47. The Kier molecular flexibility index (Phi) is 10.5. The number of hydrogen-bond acceptors (Lipinski definition) is 9. The molecular formula is C25H33F2N5O5. The van der Waals surface area contributed by atoms with Gasteiger partial charge in [-0.05, 0) is 38.4 Å². The Morgan fingerprint density at radius 2 is 2.00 bits per heavy atom. The maximum absolute atomic E-state index is 13.6. The number of aliphatic hydroxyl groups is 1. The molecule has 1 fully saturated rings. The molecule has 2 atom stereocenters. The number of rotatable bonds is 14. The van der Waals surface area contributed by atoms with E-state index < -0.39 is 43.6 Å². The molecule has 12 heteroatoms. The number of carbonyl (C=O) groups excluding carboxylic acids is 1. The number of aliphatic hydroxyl groups excluding tert-OH is 1. The summed E-state index contributed by atoms with van der Waals surface area (Å²) in [5, 5.41) is 23.0. The van der Waals surface area contributed by atoms with Crippen LogP contribution in [-0.2, 0) is 14.3 Å². The van der Waals surface area contributed by atoms with Gasteiger partial charge in [-0.1, -0.05) is 0 Å². The van der Waals surface area contributed by atoms with Gasteiger partial charge in [-0.3, -0.25) is 15.1 Å². The number of nitrogens with zero attached hydrogens (tertiary/aromatic N) is 4. The topological polar surface area (TPSA) is 120 Å². The van der Waals surface area contributed by atoms with Crippen LogP contribution in [0.3, 0.4) is 0 Å². The average molecular weight is 522 g/mol. The minimum Gasteiger partial charge on any atom is -0.491 e. The zero-order chi connectivity index (χ0) is 26.8. The second kappa shape index (κ2) is 13.6. The number of likely N-dealkylation sites (tertiary alicyclic amines) is 1. The van der Waals surface area contributed by atoms with Crippen molar-refractivity contribution in [2.45, 2.75) is 24.6 Å². The summed E-state index contributed by atoms with van der Waals surface area (Å²) in [7, 11) is 3.96. The lowest BCUT2D eigenvalue weighted by atomic mass is 10.1. The Morgan fingerprint density at radius 1 is 1.27 bits per heavy atom. The number of pyridine rings is 1.